The van der Waals surface area contributed by atoms with Gasteiger partial charge < -0.3 is 10.0 Å². The first-order valence-corrected chi connectivity index (χ1v) is 6.19. The molecule has 0 aliphatic rings. The van der Waals surface area contributed by atoms with E-state index in [1.54, 1.807) is 27.1 Å². The van der Waals surface area contributed by atoms with Crippen LogP contribution in [0.1, 0.15) is 24.2 Å². The van der Waals surface area contributed by atoms with E-state index in [0.29, 0.717) is 5.56 Å². The monoisotopic (exact) mass is 258 g/mol. The molecule has 19 heavy (non-hydrogen) atoms. The predicted octanol–water partition coefficient (Wildman–Crippen LogP) is 2.08. The van der Waals surface area contributed by atoms with Crippen LogP contribution in [0.5, 0.6) is 0 Å². The maximum absolute atomic E-state index is 12.2. The number of hydrogen-bond acceptors (Lipinski definition) is 3. The van der Waals surface area contributed by atoms with Crippen molar-refractivity contribution >= 4 is 16.8 Å². The third-order valence-corrected chi connectivity index (χ3v) is 2.81. The molecule has 0 spiro atoms. The molecule has 0 aliphatic heterocycles. The minimum absolute atomic E-state index is 0.139. The van der Waals surface area contributed by atoms with Gasteiger partial charge in [0.1, 0.15) is 0 Å². The average Bonchev–Trinajstić information content (AvgIpc) is 2.35. The number of carbonyl (C=O) groups is 1. The van der Waals surface area contributed by atoms with Crippen LogP contribution in [-0.2, 0) is 0 Å². The highest BCUT2D eigenvalue weighted by molar-refractivity contribution is 5.97. The van der Waals surface area contributed by atoms with Crippen molar-refractivity contribution in [3.63, 3.8) is 0 Å². The Morgan fingerprint density at radius 3 is 2.74 bits per heavy atom. The zero-order valence-electron chi connectivity index (χ0n) is 11.4. The fourth-order valence-corrected chi connectivity index (χ4v) is 2.06. The number of benzene rings is 1. The number of pyridine rings is 1. The summed E-state index contributed by atoms with van der Waals surface area (Å²) < 4.78 is 0. The van der Waals surface area contributed by atoms with Crippen molar-refractivity contribution in [2.24, 2.45) is 0 Å². The highest BCUT2D eigenvalue weighted by atomic mass is 16.3. The van der Waals surface area contributed by atoms with Crippen LogP contribution >= 0.6 is 0 Å². The zero-order valence-corrected chi connectivity index (χ0v) is 11.4. The molecule has 0 atom stereocenters. The summed E-state index contributed by atoms with van der Waals surface area (Å²) in [6, 6.07) is 9.49. The van der Waals surface area contributed by atoms with E-state index in [2.05, 4.69) is 4.98 Å². The van der Waals surface area contributed by atoms with Gasteiger partial charge in [-0.2, -0.15) is 0 Å². The molecule has 4 nitrogen and oxygen atoms in total. The Kier molecular flexibility index (Phi) is 3.53. The number of fused-ring (bicyclic) bond motifs is 1. The number of likely N-dealkylation sites (N-methyl/N-ethyl adjacent to an activating group) is 1. The maximum atomic E-state index is 12.2. The molecule has 1 aromatic carbocycles. The molecule has 0 saturated heterocycles. The Morgan fingerprint density at radius 1 is 1.37 bits per heavy atom. The summed E-state index contributed by atoms with van der Waals surface area (Å²) in [5.74, 6) is -0.139. The van der Waals surface area contributed by atoms with Gasteiger partial charge in [0.05, 0.1) is 16.7 Å². The van der Waals surface area contributed by atoms with E-state index in [1.165, 1.54) is 4.90 Å². The average molecular weight is 258 g/mol. The summed E-state index contributed by atoms with van der Waals surface area (Å²) in [5, 5.41) is 10.7. The second-order valence-corrected chi connectivity index (χ2v) is 5.39. The molecule has 4 heteroatoms. The van der Waals surface area contributed by atoms with Crippen LogP contribution in [0.2, 0.25) is 0 Å². The molecule has 0 unspecified atom stereocenters. The molecule has 0 radical (unpaired) electrons. The molecule has 1 N–H and O–H groups in total. The van der Waals surface area contributed by atoms with Gasteiger partial charge in [-0.3, -0.25) is 9.78 Å². The van der Waals surface area contributed by atoms with Crippen LogP contribution < -0.4 is 0 Å². The van der Waals surface area contributed by atoms with E-state index in [-0.39, 0.29) is 12.5 Å². The molecule has 2 rings (SSSR count). The topological polar surface area (TPSA) is 53.4 Å². The standard InChI is InChI=1S/C15H18N2O2/c1-15(2,19)10-17(3)14(18)12-8-11-6-4-5-7-13(11)16-9-12/h4-9,19H,10H2,1-3H3. The van der Waals surface area contributed by atoms with Crippen LogP contribution in [0.3, 0.4) is 0 Å². The number of aromatic nitrogens is 1. The van der Waals surface area contributed by atoms with Gasteiger partial charge in [-0.1, -0.05) is 18.2 Å². The van der Waals surface area contributed by atoms with Gasteiger partial charge in [0.25, 0.3) is 5.91 Å². The van der Waals surface area contributed by atoms with Crippen molar-refractivity contribution in [3.8, 4) is 0 Å². The number of rotatable bonds is 3. The molecule has 100 valence electrons. The summed E-state index contributed by atoms with van der Waals surface area (Å²) in [6.45, 7) is 3.63. The summed E-state index contributed by atoms with van der Waals surface area (Å²) in [6.07, 6.45) is 1.57. The lowest BCUT2D eigenvalue weighted by Gasteiger charge is -2.25. The van der Waals surface area contributed by atoms with E-state index in [4.69, 9.17) is 0 Å². The van der Waals surface area contributed by atoms with E-state index >= 15 is 0 Å². The van der Waals surface area contributed by atoms with Crippen LogP contribution in [-0.4, -0.2) is 40.1 Å². The second-order valence-electron chi connectivity index (χ2n) is 5.39. The van der Waals surface area contributed by atoms with Crippen molar-refractivity contribution in [3.05, 3.63) is 42.1 Å². The first-order valence-electron chi connectivity index (χ1n) is 6.19. The van der Waals surface area contributed by atoms with E-state index in [9.17, 15) is 9.90 Å². The van der Waals surface area contributed by atoms with Crippen molar-refractivity contribution in [1.29, 1.82) is 0 Å². The van der Waals surface area contributed by atoms with Crippen LogP contribution in [0.15, 0.2) is 36.5 Å². The van der Waals surface area contributed by atoms with Gasteiger partial charge in [0, 0.05) is 25.2 Å². The van der Waals surface area contributed by atoms with E-state index in [0.717, 1.165) is 10.9 Å². The number of hydrogen-bond donors (Lipinski definition) is 1. The lowest BCUT2D eigenvalue weighted by atomic mass is 10.1. The number of carbonyl (C=O) groups excluding carboxylic acids is 1. The van der Waals surface area contributed by atoms with Crippen LogP contribution in [0.25, 0.3) is 10.9 Å². The first kappa shape index (κ1) is 13.5. The van der Waals surface area contributed by atoms with Gasteiger partial charge in [-0.05, 0) is 26.0 Å². The predicted molar refractivity (Wildman–Crippen MR) is 75.0 cm³/mol. The lowest BCUT2D eigenvalue weighted by molar-refractivity contribution is 0.0368. The number of nitrogens with zero attached hydrogens (tertiary/aromatic N) is 2. The zero-order chi connectivity index (χ0) is 14.0. The molecule has 2 aromatic rings. The highest BCUT2D eigenvalue weighted by Gasteiger charge is 2.20. The third kappa shape index (κ3) is 3.29. The quantitative estimate of drug-likeness (QED) is 0.917. The Balaban J connectivity index is 2.26. The summed E-state index contributed by atoms with van der Waals surface area (Å²) in [5.41, 5.74) is 0.490. The normalized spacial score (nSPS) is 11.6. The van der Waals surface area contributed by atoms with Gasteiger partial charge in [-0.15, -0.1) is 0 Å². The minimum Gasteiger partial charge on any atom is -0.389 e. The summed E-state index contributed by atoms with van der Waals surface area (Å²) >= 11 is 0. The Hall–Kier alpha value is -1.94. The van der Waals surface area contributed by atoms with Crippen molar-refractivity contribution in [2.75, 3.05) is 13.6 Å². The molecule has 0 fully saturated rings. The molecule has 0 saturated carbocycles. The SMILES string of the molecule is CN(CC(C)(C)O)C(=O)c1cnc2ccccc2c1. The second kappa shape index (κ2) is 4.97. The largest absolute Gasteiger partial charge is 0.389 e. The van der Waals surface area contributed by atoms with E-state index in [1.807, 2.05) is 30.3 Å². The molecule has 1 amide bonds. The first-order chi connectivity index (χ1) is 8.87. The van der Waals surface area contributed by atoms with Crippen LogP contribution in [0, 0.1) is 0 Å². The third-order valence-electron chi connectivity index (χ3n) is 2.81. The van der Waals surface area contributed by atoms with Gasteiger partial charge >= 0.3 is 0 Å². The smallest absolute Gasteiger partial charge is 0.255 e. The molecular weight excluding hydrogens is 240 g/mol. The fraction of sp³-hybridized carbons (Fsp3) is 0.333. The van der Waals surface area contributed by atoms with Crippen molar-refractivity contribution in [2.45, 2.75) is 19.4 Å². The highest BCUT2D eigenvalue weighted by Crippen LogP contribution is 2.14. The molecule has 0 aliphatic carbocycles. The molecule has 1 aromatic heterocycles. The lowest BCUT2D eigenvalue weighted by Crippen LogP contribution is -2.39. The Bertz CT molecular complexity index is 602. The Labute approximate surface area is 112 Å². The maximum Gasteiger partial charge on any atom is 0.255 e. The minimum atomic E-state index is -0.908. The van der Waals surface area contributed by atoms with Crippen molar-refractivity contribution < 1.29 is 9.90 Å². The van der Waals surface area contributed by atoms with Gasteiger partial charge in [0.15, 0.2) is 0 Å². The molecular formula is C15H18N2O2. The Morgan fingerprint density at radius 2 is 2.05 bits per heavy atom. The molecule has 1 heterocycles. The number of para-hydroxylation sites is 1. The van der Waals surface area contributed by atoms with Crippen molar-refractivity contribution in [1.82, 2.24) is 9.88 Å². The van der Waals surface area contributed by atoms with Crippen LogP contribution in [0.4, 0.5) is 0 Å². The van der Waals surface area contributed by atoms with E-state index < -0.39 is 5.60 Å². The fourth-order valence-electron chi connectivity index (χ4n) is 2.06. The summed E-state index contributed by atoms with van der Waals surface area (Å²) in [7, 11) is 1.68. The number of aliphatic hydroxyl groups is 1. The summed E-state index contributed by atoms with van der Waals surface area (Å²) in [4.78, 5) is 18.0. The number of amides is 1. The van der Waals surface area contributed by atoms with Gasteiger partial charge in [0.2, 0.25) is 0 Å². The molecule has 0 bridgehead atoms. The van der Waals surface area contributed by atoms with Gasteiger partial charge in [-0.25, -0.2) is 0 Å².